The highest BCUT2D eigenvalue weighted by atomic mass is 32.3. The Bertz CT molecular complexity index is 913. The van der Waals surface area contributed by atoms with Gasteiger partial charge in [-0.15, -0.1) is 0 Å². The van der Waals surface area contributed by atoms with E-state index in [2.05, 4.69) is 4.18 Å². The minimum atomic E-state index is -6.18. The van der Waals surface area contributed by atoms with E-state index in [9.17, 15) is 39.6 Å². The average Bonchev–Trinajstić information content (AvgIpc) is 3.18. The summed E-state index contributed by atoms with van der Waals surface area (Å²) in [5, 5.41) is 0. The fraction of sp³-hybridized carbons (Fsp3) is 0.889. The van der Waals surface area contributed by atoms with E-state index in [0.29, 0.717) is 29.8 Å². The molecule has 0 aromatic carbocycles. The number of hydrogen-bond donors (Lipinski definition) is 1. The van der Waals surface area contributed by atoms with Crippen molar-refractivity contribution in [2.45, 2.75) is 75.8 Å². The molecule has 2 fully saturated rings. The molecular formula is C18H28F3NO9S2. The van der Waals surface area contributed by atoms with Crippen LogP contribution in [0.15, 0.2) is 0 Å². The van der Waals surface area contributed by atoms with Crippen LogP contribution in [0, 0.1) is 11.8 Å². The van der Waals surface area contributed by atoms with Gasteiger partial charge in [0, 0.05) is 0 Å². The zero-order chi connectivity index (χ0) is 24.9. The van der Waals surface area contributed by atoms with Crippen molar-refractivity contribution in [3.63, 3.8) is 0 Å². The fourth-order valence-electron chi connectivity index (χ4n) is 4.13. The smallest absolute Gasteiger partial charge is 0.463 e. The number of rotatable bonds is 10. The summed E-state index contributed by atoms with van der Waals surface area (Å²) in [5.41, 5.74) is -6.37. The second-order valence-electron chi connectivity index (χ2n) is 8.14. The Kier molecular flexibility index (Phi) is 9.15. The summed E-state index contributed by atoms with van der Waals surface area (Å²) in [6.07, 6.45) is 6.31. The molecule has 0 bridgehead atoms. The molecule has 2 atom stereocenters. The van der Waals surface area contributed by atoms with Crippen molar-refractivity contribution in [2.24, 2.45) is 11.8 Å². The standard InChI is InChI=1S/C18H28F3NO9S2/c1-2-17(9-5-6-10-17)31-16(24)14-8-4-3-7-13(14)15(23)29-11-12-30-33(27,28)22-32(25,26)18(19,20)21/h13-14,22H,2-12H2,1H3. The number of halogens is 3. The first kappa shape index (κ1) is 27.8. The van der Waals surface area contributed by atoms with E-state index in [0.717, 1.165) is 32.1 Å². The van der Waals surface area contributed by atoms with E-state index in [4.69, 9.17) is 9.47 Å². The summed E-state index contributed by atoms with van der Waals surface area (Å²) < 4.78 is 96.5. The van der Waals surface area contributed by atoms with Crippen LogP contribution in [0.1, 0.15) is 64.7 Å². The molecule has 2 unspecified atom stereocenters. The summed E-state index contributed by atoms with van der Waals surface area (Å²) in [4.78, 5) is 25.3. The number of ether oxygens (including phenoxy) is 2. The van der Waals surface area contributed by atoms with Crippen molar-refractivity contribution in [3.8, 4) is 0 Å². The molecule has 0 amide bonds. The number of nitrogens with one attached hydrogen (secondary N) is 1. The number of carbonyl (C=O) groups is 2. The van der Waals surface area contributed by atoms with Crippen LogP contribution < -0.4 is 4.13 Å². The van der Waals surface area contributed by atoms with Gasteiger partial charge in [0.1, 0.15) is 18.8 Å². The van der Waals surface area contributed by atoms with Crippen molar-refractivity contribution in [1.29, 1.82) is 0 Å². The largest absolute Gasteiger partial charge is 0.512 e. The van der Waals surface area contributed by atoms with Gasteiger partial charge < -0.3 is 9.47 Å². The molecule has 2 aliphatic rings. The molecule has 0 radical (unpaired) electrons. The normalized spacial score (nSPS) is 23.8. The molecule has 2 rings (SSSR count). The molecule has 0 saturated heterocycles. The Morgan fingerprint density at radius 1 is 0.939 bits per heavy atom. The van der Waals surface area contributed by atoms with E-state index in [1.807, 2.05) is 6.92 Å². The second kappa shape index (κ2) is 10.9. The highest BCUT2D eigenvalue weighted by molar-refractivity contribution is 8.03. The lowest BCUT2D eigenvalue weighted by atomic mass is 9.79. The Balaban J connectivity index is 1.88. The van der Waals surface area contributed by atoms with Crippen molar-refractivity contribution >= 4 is 32.3 Å². The van der Waals surface area contributed by atoms with Crippen LogP contribution in [-0.2, 0) is 43.6 Å². The number of hydrogen-bond acceptors (Lipinski definition) is 9. The van der Waals surface area contributed by atoms with Gasteiger partial charge in [-0.25, -0.2) is 8.42 Å². The molecule has 10 nitrogen and oxygen atoms in total. The Hall–Kier alpha value is -1.45. The lowest BCUT2D eigenvalue weighted by molar-refractivity contribution is -0.174. The number of sulfonamides is 1. The zero-order valence-electron chi connectivity index (χ0n) is 18.1. The first-order valence-corrected chi connectivity index (χ1v) is 13.5. The lowest BCUT2D eigenvalue weighted by Crippen LogP contribution is -2.41. The van der Waals surface area contributed by atoms with Crippen LogP contribution in [0.3, 0.4) is 0 Å². The fourth-order valence-corrected chi connectivity index (χ4v) is 6.06. The van der Waals surface area contributed by atoms with Crippen molar-refractivity contribution in [2.75, 3.05) is 13.2 Å². The molecule has 2 saturated carbocycles. The number of alkyl halides is 3. The molecule has 1 N–H and O–H groups in total. The highest BCUT2D eigenvalue weighted by Crippen LogP contribution is 2.39. The first-order chi connectivity index (χ1) is 15.2. The molecule has 0 aromatic rings. The predicted molar refractivity (Wildman–Crippen MR) is 107 cm³/mol. The maximum atomic E-state index is 12.8. The van der Waals surface area contributed by atoms with Gasteiger partial charge >= 0.3 is 37.8 Å². The summed E-state index contributed by atoms with van der Waals surface area (Å²) >= 11 is 0. The van der Waals surface area contributed by atoms with Crippen molar-refractivity contribution in [3.05, 3.63) is 0 Å². The van der Waals surface area contributed by atoms with Crippen LogP contribution in [-0.4, -0.2) is 53.1 Å². The number of esters is 2. The van der Waals surface area contributed by atoms with Gasteiger partial charge in [0.15, 0.2) is 0 Å². The molecule has 0 heterocycles. The molecule has 33 heavy (non-hydrogen) atoms. The maximum Gasteiger partial charge on any atom is 0.512 e. The third kappa shape index (κ3) is 7.52. The lowest BCUT2D eigenvalue weighted by Gasteiger charge is -2.33. The molecule has 0 aliphatic heterocycles. The van der Waals surface area contributed by atoms with Gasteiger partial charge in [0.05, 0.1) is 11.8 Å². The number of carbonyl (C=O) groups excluding carboxylic acids is 2. The van der Waals surface area contributed by atoms with Crippen molar-refractivity contribution < 1.29 is 53.3 Å². The monoisotopic (exact) mass is 523 g/mol. The third-order valence-electron chi connectivity index (χ3n) is 5.93. The first-order valence-electron chi connectivity index (χ1n) is 10.6. The molecule has 2 aliphatic carbocycles. The van der Waals surface area contributed by atoms with E-state index < -0.39 is 68.4 Å². The van der Waals surface area contributed by atoms with Crippen molar-refractivity contribution in [1.82, 2.24) is 4.13 Å². The summed E-state index contributed by atoms with van der Waals surface area (Å²) in [5.74, 6) is -2.77. The van der Waals surface area contributed by atoms with Crippen LogP contribution in [0.2, 0.25) is 0 Å². The summed E-state index contributed by atoms with van der Waals surface area (Å²) in [6, 6.07) is 0. The van der Waals surface area contributed by atoms with Crippen LogP contribution in [0.5, 0.6) is 0 Å². The SMILES string of the molecule is CCC1(OC(=O)C2CCCCC2C(=O)OCCOS(=O)(=O)NS(=O)(=O)C(F)(F)F)CCCC1. The van der Waals surface area contributed by atoms with Gasteiger partial charge in [-0.1, -0.05) is 23.9 Å². The van der Waals surface area contributed by atoms with Crippen LogP contribution in [0.25, 0.3) is 0 Å². The maximum absolute atomic E-state index is 12.8. The van der Waals surface area contributed by atoms with Gasteiger partial charge in [-0.2, -0.15) is 21.6 Å². The third-order valence-corrected chi connectivity index (χ3v) is 8.71. The molecule has 0 aromatic heterocycles. The van der Waals surface area contributed by atoms with Gasteiger partial charge in [0.25, 0.3) is 0 Å². The zero-order valence-corrected chi connectivity index (χ0v) is 19.7. The quantitative estimate of drug-likeness (QED) is 0.337. The second-order valence-corrected chi connectivity index (χ2v) is 11.4. The van der Waals surface area contributed by atoms with E-state index in [1.54, 1.807) is 0 Å². The average molecular weight is 524 g/mol. The van der Waals surface area contributed by atoms with E-state index >= 15 is 0 Å². The Labute approximate surface area is 190 Å². The van der Waals surface area contributed by atoms with Gasteiger partial charge in [-0.3, -0.25) is 13.8 Å². The summed E-state index contributed by atoms with van der Waals surface area (Å²) in [7, 11) is -11.5. The van der Waals surface area contributed by atoms with Crippen LogP contribution >= 0.6 is 0 Å². The van der Waals surface area contributed by atoms with Crippen LogP contribution in [0.4, 0.5) is 13.2 Å². The van der Waals surface area contributed by atoms with Gasteiger partial charge in [0.2, 0.25) is 0 Å². The Morgan fingerprint density at radius 2 is 1.48 bits per heavy atom. The summed E-state index contributed by atoms with van der Waals surface area (Å²) in [6.45, 7) is 0.340. The minimum absolute atomic E-state index is 0.363. The van der Waals surface area contributed by atoms with E-state index in [1.165, 1.54) is 0 Å². The van der Waals surface area contributed by atoms with E-state index in [-0.39, 0.29) is 0 Å². The predicted octanol–water partition coefficient (Wildman–Crippen LogP) is 2.30. The topological polar surface area (TPSA) is 142 Å². The molecule has 15 heteroatoms. The minimum Gasteiger partial charge on any atom is -0.463 e. The molecular weight excluding hydrogens is 495 g/mol. The molecule has 0 spiro atoms. The van der Waals surface area contributed by atoms with Gasteiger partial charge in [-0.05, 0) is 44.9 Å². The molecule has 192 valence electrons. The highest BCUT2D eigenvalue weighted by Gasteiger charge is 2.48. The Morgan fingerprint density at radius 3 is 2.00 bits per heavy atom.